The van der Waals surface area contributed by atoms with Crippen LogP contribution in [0.15, 0.2) is 66.9 Å². The summed E-state index contributed by atoms with van der Waals surface area (Å²) >= 11 is 0. The summed E-state index contributed by atoms with van der Waals surface area (Å²) in [6, 6.07) is 18.6. The molecule has 1 atom stereocenters. The van der Waals surface area contributed by atoms with E-state index in [0.717, 1.165) is 58.4 Å². The number of hydrogen-bond donors (Lipinski definition) is 1. The van der Waals surface area contributed by atoms with Crippen LogP contribution in [0.3, 0.4) is 0 Å². The number of pyridine rings is 1. The number of benzene rings is 2. The van der Waals surface area contributed by atoms with Gasteiger partial charge in [0.2, 0.25) is 5.91 Å². The Kier molecular flexibility index (Phi) is 5.02. The van der Waals surface area contributed by atoms with Gasteiger partial charge in [-0.3, -0.25) is 9.78 Å². The molecule has 5 heteroatoms. The zero-order valence-electron chi connectivity index (χ0n) is 17.4. The molecule has 1 aliphatic heterocycles. The van der Waals surface area contributed by atoms with Gasteiger partial charge in [0, 0.05) is 29.3 Å². The molecule has 0 spiro atoms. The van der Waals surface area contributed by atoms with E-state index in [-0.39, 0.29) is 17.8 Å². The summed E-state index contributed by atoms with van der Waals surface area (Å²) in [5.74, 6) is -0.126. The first kappa shape index (κ1) is 19.5. The van der Waals surface area contributed by atoms with Crippen LogP contribution in [-0.2, 0) is 11.2 Å². The summed E-state index contributed by atoms with van der Waals surface area (Å²) in [5.41, 5.74) is 5.82. The minimum absolute atomic E-state index is 0.0307. The van der Waals surface area contributed by atoms with Gasteiger partial charge >= 0.3 is 0 Å². The molecule has 0 radical (unpaired) electrons. The van der Waals surface area contributed by atoms with Crippen molar-refractivity contribution in [3.05, 3.63) is 89.6 Å². The molecule has 4 nitrogen and oxygen atoms in total. The van der Waals surface area contributed by atoms with Gasteiger partial charge < -0.3 is 9.88 Å². The number of carbonyl (C=O) groups is 1. The van der Waals surface area contributed by atoms with E-state index in [9.17, 15) is 9.18 Å². The smallest absolute Gasteiger partial charge is 0.227 e. The number of aryl methyl sites for hydroxylation is 1. The number of halogens is 1. The summed E-state index contributed by atoms with van der Waals surface area (Å²) in [6.45, 7) is 2.71. The van der Waals surface area contributed by atoms with Crippen LogP contribution in [0.2, 0.25) is 0 Å². The maximum atomic E-state index is 13.3. The number of hydrogen-bond acceptors (Lipinski definition) is 2. The van der Waals surface area contributed by atoms with E-state index in [1.54, 1.807) is 12.1 Å². The molecule has 5 rings (SSSR count). The van der Waals surface area contributed by atoms with Gasteiger partial charge in [0.05, 0.1) is 18.2 Å². The largest absolute Gasteiger partial charge is 0.361 e. The molecule has 2 aromatic carbocycles. The summed E-state index contributed by atoms with van der Waals surface area (Å²) in [4.78, 5) is 23.2. The van der Waals surface area contributed by atoms with E-state index in [1.807, 2.05) is 54.4 Å². The molecule has 1 N–H and O–H groups in total. The Morgan fingerprint density at radius 1 is 1.13 bits per heavy atom. The average molecular weight is 413 g/mol. The fraction of sp³-hybridized carbons (Fsp3) is 0.231. The van der Waals surface area contributed by atoms with Crippen LogP contribution < -0.4 is 0 Å². The molecule has 1 unspecified atom stereocenters. The van der Waals surface area contributed by atoms with Gasteiger partial charge in [0.25, 0.3) is 0 Å². The Balaban J connectivity index is 1.42. The molecular weight excluding hydrogens is 389 g/mol. The van der Waals surface area contributed by atoms with Crippen molar-refractivity contribution in [3.63, 3.8) is 0 Å². The van der Waals surface area contributed by atoms with Crippen molar-refractivity contribution in [3.8, 4) is 11.1 Å². The Labute approximate surface area is 180 Å². The van der Waals surface area contributed by atoms with Crippen molar-refractivity contribution >= 4 is 16.8 Å². The Morgan fingerprint density at radius 3 is 2.77 bits per heavy atom. The number of nitrogens with one attached hydrogen (secondary N) is 1. The second-order valence-corrected chi connectivity index (χ2v) is 8.21. The highest BCUT2D eigenvalue weighted by Gasteiger charge is 2.31. The Hall–Kier alpha value is -3.47. The number of carbonyl (C=O) groups excluding carboxylic acids is 1. The lowest BCUT2D eigenvalue weighted by Gasteiger charge is -2.25. The lowest BCUT2D eigenvalue weighted by Crippen LogP contribution is -2.32. The van der Waals surface area contributed by atoms with Crippen LogP contribution in [0.1, 0.15) is 35.8 Å². The van der Waals surface area contributed by atoms with E-state index in [4.69, 9.17) is 4.98 Å². The fourth-order valence-electron chi connectivity index (χ4n) is 4.59. The molecule has 0 bridgehead atoms. The molecule has 1 amide bonds. The van der Waals surface area contributed by atoms with Crippen LogP contribution in [0, 0.1) is 12.7 Å². The number of aromatic nitrogens is 2. The number of rotatable bonds is 4. The van der Waals surface area contributed by atoms with Crippen molar-refractivity contribution in [2.75, 3.05) is 6.54 Å². The lowest BCUT2D eigenvalue weighted by molar-refractivity contribution is -0.131. The molecule has 2 aromatic heterocycles. The molecule has 1 saturated heterocycles. The average Bonchev–Trinajstić information content (AvgIpc) is 3.42. The quantitative estimate of drug-likeness (QED) is 0.475. The molecular formula is C26H24FN3O. The molecule has 31 heavy (non-hydrogen) atoms. The highest BCUT2D eigenvalue weighted by molar-refractivity contribution is 5.89. The second-order valence-electron chi connectivity index (χ2n) is 8.21. The summed E-state index contributed by atoms with van der Waals surface area (Å²) in [5, 5.41) is 1.10. The van der Waals surface area contributed by atoms with E-state index >= 15 is 0 Å². The van der Waals surface area contributed by atoms with E-state index in [2.05, 4.69) is 4.98 Å². The van der Waals surface area contributed by atoms with E-state index < -0.39 is 0 Å². The van der Waals surface area contributed by atoms with Crippen molar-refractivity contribution in [2.45, 2.75) is 32.2 Å². The maximum absolute atomic E-state index is 13.3. The van der Waals surface area contributed by atoms with Crippen LogP contribution in [0.5, 0.6) is 0 Å². The Morgan fingerprint density at radius 2 is 1.94 bits per heavy atom. The number of para-hydroxylation sites is 1. The van der Waals surface area contributed by atoms with Crippen molar-refractivity contribution in [1.29, 1.82) is 0 Å². The van der Waals surface area contributed by atoms with Crippen LogP contribution in [0.25, 0.3) is 22.0 Å². The summed E-state index contributed by atoms with van der Waals surface area (Å²) in [7, 11) is 0. The molecule has 156 valence electrons. The normalized spacial score (nSPS) is 16.2. The van der Waals surface area contributed by atoms with Crippen molar-refractivity contribution < 1.29 is 9.18 Å². The van der Waals surface area contributed by atoms with Gasteiger partial charge in [-0.2, -0.15) is 0 Å². The number of H-pyrrole nitrogens is 1. The van der Waals surface area contributed by atoms with Gasteiger partial charge in [0.15, 0.2) is 0 Å². The topological polar surface area (TPSA) is 49.0 Å². The maximum Gasteiger partial charge on any atom is 0.227 e. The number of nitrogens with zero attached hydrogens (tertiary/aromatic N) is 2. The SMILES string of the molecule is Cc1cc(-c2ccc(F)cc2)cc(C2CCCN2C(=O)Cc2c[nH]c3ccccc23)n1. The van der Waals surface area contributed by atoms with Crippen LogP contribution in [-0.4, -0.2) is 27.3 Å². The lowest BCUT2D eigenvalue weighted by atomic mass is 10.0. The van der Waals surface area contributed by atoms with Gasteiger partial charge in [-0.1, -0.05) is 30.3 Å². The highest BCUT2D eigenvalue weighted by atomic mass is 19.1. The predicted octanol–water partition coefficient (Wildman–Crippen LogP) is 5.58. The monoisotopic (exact) mass is 413 g/mol. The van der Waals surface area contributed by atoms with Gasteiger partial charge in [-0.15, -0.1) is 0 Å². The molecule has 1 fully saturated rings. The third-order valence-electron chi connectivity index (χ3n) is 6.08. The van der Waals surface area contributed by atoms with Gasteiger partial charge in [0.1, 0.15) is 5.82 Å². The van der Waals surface area contributed by atoms with Crippen molar-refractivity contribution in [2.24, 2.45) is 0 Å². The van der Waals surface area contributed by atoms with Gasteiger partial charge in [-0.25, -0.2) is 4.39 Å². The number of aromatic amines is 1. The molecule has 0 saturated carbocycles. The zero-order valence-corrected chi connectivity index (χ0v) is 17.4. The predicted molar refractivity (Wildman–Crippen MR) is 120 cm³/mol. The molecule has 0 aliphatic carbocycles. The Bertz CT molecular complexity index is 1250. The number of likely N-dealkylation sites (tertiary alicyclic amines) is 1. The first-order valence-corrected chi connectivity index (χ1v) is 10.7. The third-order valence-corrected chi connectivity index (χ3v) is 6.08. The van der Waals surface area contributed by atoms with Gasteiger partial charge in [-0.05, 0) is 66.8 Å². The molecule has 1 aliphatic rings. The summed E-state index contributed by atoms with van der Waals surface area (Å²) < 4.78 is 13.3. The standard InChI is InChI=1S/C26H24FN3O/c1-17-13-19(18-8-10-21(27)11-9-18)14-24(29-17)25-7-4-12-30(25)26(31)15-20-16-28-23-6-3-2-5-22(20)23/h2-3,5-6,8-11,13-14,16,25,28H,4,7,12,15H2,1H3. The highest BCUT2D eigenvalue weighted by Crippen LogP contribution is 2.34. The van der Waals surface area contributed by atoms with E-state index in [1.165, 1.54) is 12.1 Å². The summed E-state index contributed by atoms with van der Waals surface area (Å²) in [6.07, 6.45) is 4.17. The second kappa shape index (κ2) is 7.99. The third kappa shape index (κ3) is 3.83. The molecule has 3 heterocycles. The first-order valence-electron chi connectivity index (χ1n) is 10.7. The van der Waals surface area contributed by atoms with Crippen molar-refractivity contribution in [1.82, 2.24) is 14.9 Å². The first-order chi connectivity index (χ1) is 15.1. The fourth-order valence-corrected chi connectivity index (χ4v) is 4.59. The molecule has 4 aromatic rings. The van der Waals surface area contributed by atoms with Crippen LogP contribution in [0.4, 0.5) is 4.39 Å². The van der Waals surface area contributed by atoms with E-state index in [0.29, 0.717) is 6.42 Å². The van der Waals surface area contributed by atoms with Crippen LogP contribution >= 0.6 is 0 Å². The number of amides is 1. The minimum Gasteiger partial charge on any atom is -0.361 e. The number of fused-ring (bicyclic) bond motifs is 1. The minimum atomic E-state index is -0.250. The zero-order chi connectivity index (χ0) is 21.4.